The van der Waals surface area contributed by atoms with Gasteiger partial charge < -0.3 is 9.47 Å². The third-order valence-corrected chi connectivity index (χ3v) is 10.3. The number of hydrazine groups is 2. The van der Waals surface area contributed by atoms with Crippen LogP contribution in [0.15, 0.2) is 109 Å². The highest BCUT2D eigenvalue weighted by Gasteiger charge is 2.47. The fourth-order valence-electron chi connectivity index (χ4n) is 7.18. The number of carbonyl (C=O) groups excluding carboxylic acids is 6. The van der Waals surface area contributed by atoms with E-state index in [-0.39, 0.29) is 36.5 Å². The van der Waals surface area contributed by atoms with Gasteiger partial charge in [-0.25, -0.2) is 20.0 Å². The van der Waals surface area contributed by atoms with Gasteiger partial charge in [0.15, 0.2) is 0 Å². The molecule has 2 saturated heterocycles. The van der Waals surface area contributed by atoms with Crippen molar-refractivity contribution < 1.29 is 38.2 Å². The lowest BCUT2D eigenvalue weighted by atomic mass is 10.0. The van der Waals surface area contributed by atoms with E-state index in [0.717, 1.165) is 38.5 Å². The Kier molecular flexibility index (Phi) is 14.1. The largest absolute Gasteiger partial charge is 0.427 e. The molecule has 12 heteroatoms. The molecule has 4 aromatic rings. The van der Waals surface area contributed by atoms with Gasteiger partial charge in [-0.15, -0.1) is 0 Å². The van der Waals surface area contributed by atoms with E-state index >= 15 is 0 Å². The summed E-state index contributed by atoms with van der Waals surface area (Å²) in [5, 5.41) is 5.65. The predicted molar refractivity (Wildman–Crippen MR) is 221 cm³/mol. The van der Waals surface area contributed by atoms with Crippen LogP contribution in [-0.2, 0) is 28.8 Å². The number of esters is 2. The van der Waals surface area contributed by atoms with Gasteiger partial charge in [0.05, 0.1) is 22.7 Å². The van der Waals surface area contributed by atoms with Crippen LogP contribution in [0.4, 0.5) is 22.7 Å². The summed E-state index contributed by atoms with van der Waals surface area (Å²) in [5.41, 5.74) is 2.20. The molecule has 0 aliphatic carbocycles. The highest BCUT2D eigenvalue weighted by Crippen LogP contribution is 2.36. The zero-order chi connectivity index (χ0) is 41.0. The molecule has 6 rings (SSSR count). The fourth-order valence-corrected chi connectivity index (χ4v) is 7.18. The minimum Gasteiger partial charge on any atom is -0.427 e. The van der Waals surface area contributed by atoms with E-state index in [4.69, 9.17) is 9.47 Å². The molecule has 302 valence electrons. The number of anilines is 4. The summed E-state index contributed by atoms with van der Waals surface area (Å²) in [6.07, 6.45) is 7.24. The Balaban J connectivity index is 0.932. The first-order chi connectivity index (χ1) is 28.2. The summed E-state index contributed by atoms with van der Waals surface area (Å²) in [5.74, 6) is -2.69. The molecule has 4 aromatic carbocycles. The van der Waals surface area contributed by atoms with Crippen LogP contribution in [0.5, 0.6) is 11.5 Å². The Labute approximate surface area is 339 Å². The molecule has 2 fully saturated rings. The quantitative estimate of drug-likeness (QED) is 0.0399. The van der Waals surface area contributed by atoms with Gasteiger partial charge in [-0.2, -0.15) is 0 Å². The number of hydrogen-bond acceptors (Lipinski definition) is 8. The molecule has 58 heavy (non-hydrogen) atoms. The monoisotopic (exact) mass is 786 g/mol. The van der Waals surface area contributed by atoms with E-state index in [9.17, 15) is 28.8 Å². The maximum atomic E-state index is 13.5. The van der Waals surface area contributed by atoms with Crippen molar-refractivity contribution >= 4 is 58.3 Å². The van der Waals surface area contributed by atoms with E-state index < -0.39 is 23.8 Å². The van der Waals surface area contributed by atoms with Gasteiger partial charge in [0.25, 0.3) is 23.6 Å². The zero-order valence-corrected chi connectivity index (χ0v) is 33.1. The van der Waals surface area contributed by atoms with E-state index in [1.165, 1.54) is 20.0 Å². The third kappa shape index (κ3) is 9.62. The number of amides is 4. The predicted octanol–water partition coefficient (Wildman–Crippen LogP) is 8.74. The number of unbranched alkanes of at least 4 members (excludes halogenated alkanes) is 5. The first kappa shape index (κ1) is 41.3. The van der Waals surface area contributed by atoms with Crippen LogP contribution in [-0.4, -0.2) is 35.6 Å². The Hall–Kier alpha value is -6.30. The fraction of sp³-hybridized carbons (Fsp3) is 0.348. The molecule has 2 atom stereocenters. The molecule has 0 saturated carbocycles. The van der Waals surface area contributed by atoms with Gasteiger partial charge in [0.1, 0.15) is 23.3 Å². The number of ether oxygens (including phenoxy) is 2. The number of carbonyl (C=O) groups is 6. The standard InChI is InChI=1S/C46H50N4O8/c1-3-5-21-39-43(53)47(33-17-11-9-12-18-33)49(45(39)55)35-25-29-37(30-26-35)57-41(51)23-15-7-8-16-24-42(52)58-38-31-27-36(28-32-38)50-46(56)40(22-6-4-2)44(54)48(50)34-19-13-10-14-20-34/h9-14,17-20,25-32,39-40H,3-8,15-16,21-24H2,1-2H3. The molecular weight excluding hydrogens is 737 g/mol. The summed E-state index contributed by atoms with van der Waals surface area (Å²) in [4.78, 5) is 78.9. The lowest BCUT2D eigenvalue weighted by Crippen LogP contribution is -2.41. The average Bonchev–Trinajstić information content (AvgIpc) is 3.64. The second-order valence-corrected chi connectivity index (χ2v) is 14.5. The molecule has 0 bridgehead atoms. The first-order valence-electron chi connectivity index (χ1n) is 20.3. The molecule has 0 spiro atoms. The van der Waals surface area contributed by atoms with Gasteiger partial charge in [-0.05, 0) is 98.5 Å². The highest BCUT2D eigenvalue weighted by molar-refractivity contribution is 6.23. The normalized spacial score (nSPS) is 16.7. The van der Waals surface area contributed by atoms with E-state index in [1.807, 2.05) is 50.2 Å². The second kappa shape index (κ2) is 19.7. The number of benzene rings is 4. The maximum Gasteiger partial charge on any atom is 0.311 e. The Bertz CT molecular complexity index is 1910. The summed E-state index contributed by atoms with van der Waals surface area (Å²) < 4.78 is 11.1. The van der Waals surface area contributed by atoms with Crippen molar-refractivity contribution in [1.29, 1.82) is 0 Å². The Morgan fingerprint density at radius 1 is 0.431 bits per heavy atom. The summed E-state index contributed by atoms with van der Waals surface area (Å²) in [6.45, 7) is 4.04. The average molecular weight is 787 g/mol. The molecule has 0 N–H and O–H groups in total. The van der Waals surface area contributed by atoms with Gasteiger partial charge in [-0.3, -0.25) is 28.8 Å². The number of nitrogens with zero attached hydrogens (tertiary/aromatic N) is 4. The second-order valence-electron chi connectivity index (χ2n) is 14.5. The minimum absolute atomic E-state index is 0.199. The van der Waals surface area contributed by atoms with Crippen LogP contribution in [0.2, 0.25) is 0 Å². The van der Waals surface area contributed by atoms with Gasteiger partial charge >= 0.3 is 11.9 Å². The smallest absolute Gasteiger partial charge is 0.311 e. The van der Waals surface area contributed by atoms with E-state index in [0.29, 0.717) is 59.9 Å². The van der Waals surface area contributed by atoms with Crippen molar-refractivity contribution in [2.75, 3.05) is 20.0 Å². The molecular formula is C46H50N4O8. The van der Waals surface area contributed by atoms with E-state index in [2.05, 4.69) is 0 Å². The molecule has 2 heterocycles. The van der Waals surface area contributed by atoms with Gasteiger partial charge in [0.2, 0.25) is 0 Å². The van der Waals surface area contributed by atoms with Crippen LogP contribution in [0.1, 0.15) is 90.9 Å². The SMILES string of the molecule is CCCCC1C(=O)N(c2ccccc2)N(c2ccc(OC(=O)CCCCCCC(=O)Oc3ccc(N4C(=O)C(CCCC)C(=O)N4c4ccccc4)cc3)cc2)C1=O. The van der Waals surface area contributed by atoms with Crippen LogP contribution in [0.3, 0.4) is 0 Å². The highest BCUT2D eigenvalue weighted by atomic mass is 16.5. The lowest BCUT2D eigenvalue weighted by molar-refractivity contribution is -0.135. The molecule has 4 amide bonds. The number of hydrogen-bond donors (Lipinski definition) is 0. The topological polar surface area (TPSA) is 134 Å². The van der Waals surface area contributed by atoms with Crippen molar-refractivity contribution in [2.45, 2.75) is 90.9 Å². The van der Waals surface area contributed by atoms with Gasteiger partial charge in [0, 0.05) is 12.8 Å². The molecule has 2 unspecified atom stereocenters. The summed E-state index contributed by atoms with van der Waals surface area (Å²) >= 11 is 0. The van der Waals surface area contributed by atoms with Gasteiger partial charge in [-0.1, -0.05) is 88.8 Å². The van der Waals surface area contributed by atoms with Crippen molar-refractivity contribution in [3.63, 3.8) is 0 Å². The number of rotatable bonds is 19. The maximum absolute atomic E-state index is 13.5. The van der Waals surface area contributed by atoms with Crippen LogP contribution in [0.25, 0.3) is 0 Å². The van der Waals surface area contributed by atoms with E-state index in [1.54, 1.807) is 72.8 Å². The third-order valence-electron chi connectivity index (χ3n) is 10.3. The van der Waals surface area contributed by atoms with Crippen molar-refractivity contribution in [3.8, 4) is 11.5 Å². The minimum atomic E-state index is -0.749. The van der Waals surface area contributed by atoms with Crippen molar-refractivity contribution in [2.24, 2.45) is 11.8 Å². The molecule has 0 radical (unpaired) electrons. The molecule has 12 nitrogen and oxygen atoms in total. The van der Waals surface area contributed by atoms with Crippen LogP contribution >= 0.6 is 0 Å². The molecule has 2 aliphatic heterocycles. The van der Waals surface area contributed by atoms with Crippen molar-refractivity contribution in [3.05, 3.63) is 109 Å². The summed E-state index contributed by atoms with van der Waals surface area (Å²) in [7, 11) is 0. The lowest BCUT2D eigenvalue weighted by Gasteiger charge is -2.27. The molecule has 0 aromatic heterocycles. The number of para-hydroxylation sites is 2. The zero-order valence-electron chi connectivity index (χ0n) is 33.1. The van der Waals surface area contributed by atoms with Crippen LogP contribution in [0, 0.1) is 11.8 Å². The van der Waals surface area contributed by atoms with Crippen LogP contribution < -0.4 is 29.5 Å². The summed E-state index contributed by atoms with van der Waals surface area (Å²) in [6, 6.07) is 31.2. The Morgan fingerprint density at radius 3 is 1.05 bits per heavy atom. The first-order valence-corrected chi connectivity index (χ1v) is 20.3. The Morgan fingerprint density at radius 2 is 0.741 bits per heavy atom. The van der Waals surface area contributed by atoms with Crippen molar-refractivity contribution in [1.82, 2.24) is 0 Å². The molecule has 2 aliphatic rings.